The second-order valence-electron chi connectivity index (χ2n) is 3.58. The minimum atomic E-state index is -0.267. The summed E-state index contributed by atoms with van der Waals surface area (Å²) in [6.45, 7) is 0. The highest BCUT2D eigenvalue weighted by molar-refractivity contribution is 6.31. The average molecular weight is 240 g/mol. The third-order valence-electron chi connectivity index (χ3n) is 2.34. The predicted octanol–water partition coefficient (Wildman–Crippen LogP) is 2.39. The molecular weight excluding hydrogens is 229 g/mol. The Balaban J connectivity index is 2.10. The van der Waals surface area contributed by atoms with Crippen molar-refractivity contribution in [2.24, 2.45) is 7.05 Å². The molecular formula is C11H11ClFN3. The number of halogens is 2. The molecule has 0 amide bonds. The summed E-state index contributed by atoms with van der Waals surface area (Å²) in [5.74, 6) is -0.267. The van der Waals surface area contributed by atoms with E-state index in [-0.39, 0.29) is 5.82 Å². The number of aromatic nitrogens is 3. The van der Waals surface area contributed by atoms with Gasteiger partial charge in [-0.2, -0.15) is 0 Å². The van der Waals surface area contributed by atoms with Crippen LogP contribution in [0.5, 0.6) is 0 Å². The number of hydrogen-bond acceptors (Lipinski definition) is 2. The van der Waals surface area contributed by atoms with Crippen LogP contribution in [0.25, 0.3) is 0 Å². The van der Waals surface area contributed by atoms with Crippen molar-refractivity contribution in [1.29, 1.82) is 0 Å². The van der Waals surface area contributed by atoms with Gasteiger partial charge < -0.3 is 0 Å². The Morgan fingerprint density at radius 2 is 2.19 bits per heavy atom. The van der Waals surface area contributed by atoms with Crippen LogP contribution in [0.1, 0.15) is 11.3 Å². The maximum absolute atomic E-state index is 13.4. The minimum absolute atomic E-state index is 0.267. The molecule has 0 saturated carbocycles. The van der Waals surface area contributed by atoms with Crippen molar-refractivity contribution in [2.75, 3.05) is 0 Å². The van der Waals surface area contributed by atoms with Crippen LogP contribution >= 0.6 is 11.6 Å². The van der Waals surface area contributed by atoms with E-state index in [4.69, 9.17) is 11.6 Å². The number of hydrogen-bond donors (Lipinski definition) is 0. The number of nitrogens with zero attached hydrogens (tertiary/aromatic N) is 3. The fourth-order valence-corrected chi connectivity index (χ4v) is 1.79. The first-order valence-electron chi connectivity index (χ1n) is 4.95. The molecule has 0 aliphatic rings. The highest BCUT2D eigenvalue weighted by Gasteiger charge is 2.08. The molecule has 0 unspecified atom stereocenters. The largest absolute Gasteiger partial charge is 0.255 e. The van der Waals surface area contributed by atoms with Gasteiger partial charge in [-0.15, -0.1) is 5.10 Å². The van der Waals surface area contributed by atoms with E-state index in [1.54, 1.807) is 23.9 Å². The fourth-order valence-electron chi connectivity index (χ4n) is 1.53. The summed E-state index contributed by atoms with van der Waals surface area (Å²) in [7, 11) is 1.80. The Bertz CT molecular complexity index is 475. The molecule has 1 aromatic carbocycles. The number of rotatable bonds is 3. The second-order valence-corrected chi connectivity index (χ2v) is 3.99. The molecule has 0 N–H and O–H groups in total. The summed E-state index contributed by atoms with van der Waals surface area (Å²) in [5, 5.41) is 8.21. The molecule has 16 heavy (non-hydrogen) atoms. The van der Waals surface area contributed by atoms with Crippen molar-refractivity contribution in [1.82, 2.24) is 15.0 Å². The van der Waals surface area contributed by atoms with Crippen LogP contribution < -0.4 is 0 Å². The Kier molecular flexibility index (Phi) is 3.19. The molecule has 1 aromatic heterocycles. The molecule has 0 aliphatic heterocycles. The van der Waals surface area contributed by atoms with Gasteiger partial charge in [0.1, 0.15) is 5.82 Å². The summed E-state index contributed by atoms with van der Waals surface area (Å²) in [5.41, 5.74) is 1.37. The highest BCUT2D eigenvalue weighted by atomic mass is 35.5. The van der Waals surface area contributed by atoms with Gasteiger partial charge in [-0.05, 0) is 25.0 Å². The van der Waals surface area contributed by atoms with Crippen molar-refractivity contribution in [3.05, 3.63) is 46.5 Å². The van der Waals surface area contributed by atoms with E-state index in [0.717, 1.165) is 5.69 Å². The van der Waals surface area contributed by atoms with Gasteiger partial charge in [-0.1, -0.05) is 22.9 Å². The third-order valence-corrected chi connectivity index (χ3v) is 2.70. The van der Waals surface area contributed by atoms with Gasteiger partial charge in [-0.25, -0.2) is 4.39 Å². The molecule has 0 spiro atoms. The lowest BCUT2D eigenvalue weighted by Gasteiger charge is -2.03. The lowest BCUT2D eigenvalue weighted by molar-refractivity contribution is 0.608. The van der Waals surface area contributed by atoms with Crippen LogP contribution in [0.4, 0.5) is 4.39 Å². The molecule has 0 saturated heterocycles. The van der Waals surface area contributed by atoms with Gasteiger partial charge in [0, 0.05) is 23.8 Å². The van der Waals surface area contributed by atoms with Gasteiger partial charge in [0.15, 0.2) is 0 Å². The van der Waals surface area contributed by atoms with Crippen LogP contribution in [-0.4, -0.2) is 15.0 Å². The molecule has 1 heterocycles. The first kappa shape index (κ1) is 11.1. The molecule has 5 heteroatoms. The standard InChI is InChI=1S/C11H11ClFN3/c1-16-7-8(14-15-16)5-6-9-10(12)3-2-4-11(9)13/h2-4,7H,5-6H2,1H3. The van der Waals surface area contributed by atoms with Gasteiger partial charge in [-0.3, -0.25) is 4.68 Å². The Labute approximate surface area is 97.8 Å². The zero-order valence-electron chi connectivity index (χ0n) is 8.82. The second kappa shape index (κ2) is 4.61. The zero-order chi connectivity index (χ0) is 11.5. The lowest BCUT2D eigenvalue weighted by Crippen LogP contribution is -1.96. The summed E-state index contributed by atoms with van der Waals surface area (Å²) in [6, 6.07) is 4.71. The third kappa shape index (κ3) is 2.39. The van der Waals surface area contributed by atoms with E-state index < -0.39 is 0 Å². The van der Waals surface area contributed by atoms with E-state index in [1.165, 1.54) is 6.07 Å². The molecule has 2 aromatic rings. The Morgan fingerprint density at radius 3 is 2.81 bits per heavy atom. The molecule has 0 aliphatic carbocycles. The van der Waals surface area contributed by atoms with Crippen LogP contribution in [-0.2, 0) is 19.9 Å². The summed E-state index contributed by atoms with van der Waals surface area (Å²) >= 11 is 5.92. The van der Waals surface area contributed by atoms with Crippen molar-refractivity contribution in [3.8, 4) is 0 Å². The topological polar surface area (TPSA) is 30.7 Å². The van der Waals surface area contributed by atoms with E-state index in [1.807, 2.05) is 6.20 Å². The Hall–Kier alpha value is -1.42. The fraction of sp³-hybridized carbons (Fsp3) is 0.273. The van der Waals surface area contributed by atoms with Gasteiger partial charge >= 0.3 is 0 Å². The first-order chi connectivity index (χ1) is 7.66. The number of benzene rings is 1. The van der Waals surface area contributed by atoms with Crippen molar-refractivity contribution >= 4 is 11.6 Å². The van der Waals surface area contributed by atoms with Crippen LogP contribution in [0.15, 0.2) is 24.4 Å². The quantitative estimate of drug-likeness (QED) is 0.824. The maximum Gasteiger partial charge on any atom is 0.127 e. The number of aryl methyl sites for hydroxylation is 2. The molecule has 0 fully saturated rings. The molecule has 0 atom stereocenters. The van der Waals surface area contributed by atoms with Crippen molar-refractivity contribution in [3.63, 3.8) is 0 Å². The average Bonchev–Trinajstić information content (AvgIpc) is 2.63. The van der Waals surface area contributed by atoms with Gasteiger partial charge in [0.05, 0.1) is 5.69 Å². The normalized spacial score (nSPS) is 10.7. The van der Waals surface area contributed by atoms with E-state index in [2.05, 4.69) is 10.3 Å². The zero-order valence-corrected chi connectivity index (χ0v) is 9.58. The van der Waals surface area contributed by atoms with Crippen molar-refractivity contribution in [2.45, 2.75) is 12.8 Å². The van der Waals surface area contributed by atoms with Gasteiger partial charge in [0.25, 0.3) is 0 Å². The predicted molar refractivity (Wildman–Crippen MR) is 59.8 cm³/mol. The SMILES string of the molecule is Cn1cc(CCc2c(F)cccc2Cl)nn1. The smallest absolute Gasteiger partial charge is 0.127 e. The molecule has 0 radical (unpaired) electrons. The summed E-state index contributed by atoms with van der Waals surface area (Å²) in [6.07, 6.45) is 2.98. The van der Waals surface area contributed by atoms with Crippen LogP contribution in [0.2, 0.25) is 5.02 Å². The molecule has 2 rings (SSSR count). The first-order valence-corrected chi connectivity index (χ1v) is 5.32. The summed E-state index contributed by atoms with van der Waals surface area (Å²) < 4.78 is 15.1. The van der Waals surface area contributed by atoms with E-state index >= 15 is 0 Å². The summed E-state index contributed by atoms with van der Waals surface area (Å²) in [4.78, 5) is 0. The van der Waals surface area contributed by atoms with Crippen LogP contribution in [0.3, 0.4) is 0 Å². The lowest BCUT2D eigenvalue weighted by atomic mass is 10.1. The molecule has 84 valence electrons. The van der Waals surface area contributed by atoms with Gasteiger partial charge in [0.2, 0.25) is 0 Å². The minimum Gasteiger partial charge on any atom is -0.255 e. The highest BCUT2D eigenvalue weighted by Crippen LogP contribution is 2.20. The molecule has 3 nitrogen and oxygen atoms in total. The Morgan fingerprint density at radius 1 is 1.38 bits per heavy atom. The molecule has 0 bridgehead atoms. The maximum atomic E-state index is 13.4. The van der Waals surface area contributed by atoms with Crippen LogP contribution in [0, 0.1) is 5.82 Å². The van der Waals surface area contributed by atoms with Crippen molar-refractivity contribution < 1.29 is 4.39 Å². The van der Waals surface area contributed by atoms with E-state index in [0.29, 0.717) is 23.4 Å². The van der Waals surface area contributed by atoms with E-state index in [9.17, 15) is 4.39 Å². The monoisotopic (exact) mass is 239 g/mol.